The van der Waals surface area contributed by atoms with Gasteiger partial charge in [-0.15, -0.1) is 0 Å². The van der Waals surface area contributed by atoms with Crippen molar-refractivity contribution in [2.75, 3.05) is 4.72 Å². The number of fused-ring (bicyclic) bond motifs is 1. The Morgan fingerprint density at radius 3 is 2.57 bits per heavy atom. The maximum atomic E-state index is 12.4. The molecule has 1 aliphatic carbocycles. The average Bonchev–Trinajstić information content (AvgIpc) is 2.88. The quantitative estimate of drug-likeness (QED) is 0.850. The van der Waals surface area contributed by atoms with E-state index in [9.17, 15) is 8.42 Å². The van der Waals surface area contributed by atoms with Crippen LogP contribution in [-0.4, -0.2) is 8.42 Å². The summed E-state index contributed by atoms with van der Waals surface area (Å²) in [6.45, 7) is 0. The van der Waals surface area contributed by atoms with Crippen LogP contribution >= 0.6 is 27.5 Å². The van der Waals surface area contributed by atoms with Crippen LogP contribution in [0, 0.1) is 0 Å². The first kappa shape index (κ1) is 14.9. The summed E-state index contributed by atoms with van der Waals surface area (Å²) in [4.78, 5) is 0.180. The van der Waals surface area contributed by atoms with Crippen LogP contribution in [0.25, 0.3) is 0 Å². The van der Waals surface area contributed by atoms with E-state index in [1.165, 1.54) is 23.3 Å². The summed E-state index contributed by atoms with van der Waals surface area (Å²) in [6, 6.07) is 10.3. The van der Waals surface area contributed by atoms with Crippen LogP contribution < -0.4 is 4.72 Å². The molecule has 0 bridgehead atoms. The van der Waals surface area contributed by atoms with Gasteiger partial charge in [-0.1, -0.05) is 17.7 Å². The Kier molecular flexibility index (Phi) is 3.99. The second kappa shape index (κ2) is 5.63. The minimum absolute atomic E-state index is 0.180. The van der Waals surface area contributed by atoms with Gasteiger partial charge in [0, 0.05) is 10.2 Å². The lowest BCUT2D eigenvalue weighted by Gasteiger charge is -2.10. The number of hydrogen-bond donors (Lipinski definition) is 1. The fourth-order valence-electron chi connectivity index (χ4n) is 2.49. The Labute approximate surface area is 137 Å². The minimum Gasteiger partial charge on any atom is -0.280 e. The molecule has 0 amide bonds. The van der Waals surface area contributed by atoms with Crippen molar-refractivity contribution in [2.45, 2.75) is 24.2 Å². The summed E-state index contributed by atoms with van der Waals surface area (Å²) in [5, 5.41) is 0.478. The smallest absolute Gasteiger partial charge is 0.261 e. The highest BCUT2D eigenvalue weighted by Crippen LogP contribution is 2.28. The molecule has 0 unspecified atom stereocenters. The summed E-state index contributed by atoms with van der Waals surface area (Å²) in [5.41, 5.74) is 3.14. The van der Waals surface area contributed by atoms with Gasteiger partial charge in [0.05, 0.1) is 9.92 Å². The molecular weight excluding hydrogens is 374 g/mol. The number of benzene rings is 2. The molecule has 1 aliphatic rings. The van der Waals surface area contributed by atoms with E-state index in [0.29, 0.717) is 15.2 Å². The molecule has 1 N–H and O–H groups in total. The van der Waals surface area contributed by atoms with Crippen LogP contribution in [0.5, 0.6) is 0 Å². The summed E-state index contributed by atoms with van der Waals surface area (Å²) < 4.78 is 28.0. The highest BCUT2D eigenvalue weighted by Gasteiger charge is 2.17. The average molecular weight is 387 g/mol. The first-order valence-corrected chi connectivity index (χ1v) is 9.21. The van der Waals surface area contributed by atoms with Gasteiger partial charge in [-0.25, -0.2) is 8.42 Å². The molecule has 3 rings (SSSR count). The Morgan fingerprint density at radius 1 is 1.05 bits per heavy atom. The van der Waals surface area contributed by atoms with Gasteiger partial charge in [0.1, 0.15) is 0 Å². The molecule has 0 saturated heterocycles. The molecule has 3 nitrogen and oxygen atoms in total. The summed E-state index contributed by atoms with van der Waals surface area (Å²) in [6.07, 6.45) is 3.22. The lowest BCUT2D eigenvalue weighted by atomic mass is 10.1. The van der Waals surface area contributed by atoms with Gasteiger partial charge in [-0.2, -0.15) is 0 Å². The van der Waals surface area contributed by atoms with Crippen LogP contribution in [-0.2, 0) is 22.9 Å². The van der Waals surface area contributed by atoms with Crippen molar-refractivity contribution in [3.05, 3.63) is 57.0 Å². The molecule has 2 aromatic rings. The zero-order valence-corrected chi connectivity index (χ0v) is 14.2. The fraction of sp³-hybridized carbons (Fsp3) is 0.200. The van der Waals surface area contributed by atoms with Crippen LogP contribution in [0.2, 0.25) is 5.02 Å². The van der Waals surface area contributed by atoms with E-state index < -0.39 is 10.0 Å². The van der Waals surface area contributed by atoms with Crippen LogP contribution in [0.3, 0.4) is 0 Å². The van der Waals surface area contributed by atoms with Crippen molar-refractivity contribution in [3.8, 4) is 0 Å². The van der Waals surface area contributed by atoms with Gasteiger partial charge in [0.2, 0.25) is 0 Å². The predicted octanol–water partition coefficient (Wildman–Crippen LogP) is 4.39. The van der Waals surface area contributed by atoms with E-state index in [1.54, 1.807) is 6.07 Å². The van der Waals surface area contributed by atoms with Gasteiger partial charge in [-0.05, 0) is 76.7 Å². The lowest BCUT2D eigenvalue weighted by Crippen LogP contribution is -2.13. The van der Waals surface area contributed by atoms with Gasteiger partial charge < -0.3 is 0 Å². The third-order valence-corrected chi connectivity index (χ3v) is 6.14. The molecule has 6 heteroatoms. The molecule has 0 aromatic heterocycles. The number of rotatable bonds is 3. The van der Waals surface area contributed by atoms with Gasteiger partial charge >= 0.3 is 0 Å². The SMILES string of the molecule is O=S(=O)(Nc1ccc2c(c1)CCC2)c1ccc(Cl)c(Br)c1. The largest absolute Gasteiger partial charge is 0.280 e. The van der Waals surface area contributed by atoms with E-state index in [0.717, 1.165) is 19.3 Å². The standard InChI is InChI=1S/C15H13BrClNO2S/c16-14-9-13(6-7-15(14)17)21(19,20)18-12-5-4-10-2-1-3-11(10)8-12/h4-9,18H,1-3H2. The lowest BCUT2D eigenvalue weighted by molar-refractivity contribution is 0.601. The van der Waals surface area contributed by atoms with Crippen LogP contribution in [0.15, 0.2) is 45.8 Å². The fourth-order valence-corrected chi connectivity index (χ4v) is 4.22. The number of hydrogen-bond acceptors (Lipinski definition) is 2. The molecule has 0 saturated carbocycles. The van der Waals surface area contributed by atoms with Gasteiger partial charge in [0.15, 0.2) is 0 Å². The van der Waals surface area contributed by atoms with Crippen molar-refractivity contribution in [1.29, 1.82) is 0 Å². The Morgan fingerprint density at radius 2 is 1.81 bits per heavy atom. The number of anilines is 1. The monoisotopic (exact) mass is 385 g/mol. The third kappa shape index (κ3) is 3.10. The summed E-state index contributed by atoms with van der Waals surface area (Å²) in [7, 11) is -3.61. The van der Waals surface area contributed by atoms with Crippen LogP contribution in [0.1, 0.15) is 17.5 Å². The van der Waals surface area contributed by atoms with Gasteiger partial charge in [0.25, 0.3) is 10.0 Å². The van der Waals surface area contributed by atoms with E-state index >= 15 is 0 Å². The van der Waals surface area contributed by atoms with E-state index in [1.807, 2.05) is 18.2 Å². The normalized spacial score (nSPS) is 14.0. The highest BCUT2D eigenvalue weighted by molar-refractivity contribution is 9.10. The molecule has 0 aliphatic heterocycles. The highest BCUT2D eigenvalue weighted by atomic mass is 79.9. The second-order valence-corrected chi connectivity index (χ2v) is 7.96. The molecular formula is C15H13BrClNO2S. The van der Waals surface area contributed by atoms with Crippen molar-refractivity contribution in [3.63, 3.8) is 0 Å². The van der Waals surface area contributed by atoms with Crippen molar-refractivity contribution in [2.24, 2.45) is 0 Å². The maximum absolute atomic E-state index is 12.4. The third-order valence-electron chi connectivity index (χ3n) is 3.55. The van der Waals surface area contributed by atoms with Crippen LogP contribution in [0.4, 0.5) is 5.69 Å². The number of sulfonamides is 1. The number of halogens is 2. The molecule has 110 valence electrons. The summed E-state index contributed by atoms with van der Waals surface area (Å²) >= 11 is 9.13. The molecule has 2 aromatic carbocycles. The molecule has 0 fully saturated rings. The molecule has 0 radical (unpaired) electrons. The zero-order chi connectivity index (χ0) is 15.0. The second-order valence-electron chi connectivity index (χ2n) is 5.02. The van der Waals surface area contributed by atoms with E-state index in [4.69, 9.17) is 11.6 Å². The maximum Gasteiger partial charge on any atom is 0.261 e. The van der Waals surface area contributed by atoms with E-state index in [2.05, 4.69) is 20.7 Å². The van der Waals surface area contributed by atoms with E-state index in [-0.39, 0.29) is 4.90 Å². The van der Waals surface area contributed by atoms with Crippen molar-refractivity contribution >= 4 is 43.2 Å². The van der Waals surface area contributed by atoms with Crippen molar-refractivity contribution < 1.29 is 8.42 Å². The summed E-state index contributed by atoms with van der Waals surface area (Å²) in [5.74, 6) is 0. The molecule has 0 spiro atoms. The Hall–Kier alpha value is -1.04. The van der Waals surface area contributed by atoms with Gasteiger partial charge in [-0.3, -0.25) is 4.72 Å². The van der Waals surface area contributed by atoms with Crippen molar-refractivity contribution in [1.82, 2.24) is 0 Å². The molecule has 21 heavy (non-hydrogen) atoms. The number of aryl methyl sites for hydroxylation is 2. The Bertz CT molecular complexity index is 805. The predicted molar refractivity (Wildman–Crippen MR) is 88.4 cm³/mol. The Balaban J connectivity index is 1.90. The molecule has 0 heterocycles. The number of nitrogens with one attached hydrogen (secondary N) is 1. The first-order chi connectivity index (χ1) is 9.95. The minimum atomic E-state index is -3.61. The molecule has 0 atom stereocenters. The zero-order valence-electron chi connectivity index (χ0n) is 11.1. The topological polar surface area (TPSA) is 46.2 Å². The first-order valence-electron chi connectivity index (χ1n) is 6.55.